The summed E-state index contributed by atoms with van der Waals surface area (Å²) in [5.74, 6) is -0.0980. The van der Waals surface area contributed by atoms with Crippen molar-refractivity contribution >= 4 is 17.4 Å². The molecule has 0 saturated carbocycles. The second-order valence-corrected chi connectivity index (χ2v) is 2.22. The zero-order valence-electron chi connectivity index (χ0n) is 5.02. The minimum absolute atomic E-state index is 0.0980. The van der Waals surface area contributed by atoms with Crippen molar-refractivity contribution in [1.29, 1.82) is 0 Å². The van der Waals surface area contributed by atoms with E-state index in [0.717, 1.165) is 0 Å². The molecule has 0 N–H and O–H groups in total. The predicted octanol–water partition coefficient (Wildman–Crippen LogP) is 0.835. The largest absolute Gasteiger partial charge is 0.291 e. The first-order valence-corrected chi connectivity index (χ1v) is 3.16. The number of ketones is 1. The lowest BCUT2D eigenvalue weighted by molar-refractivity contribution is -0.116. The van der Waals surface area contributed by atoms with E-state index in [2.05, 4.69) is 11.5 Å². The van der Waals surface area contributed by atoms with E-state index in [9.17, 15) is 4.79 Å². The van der Waals surface area contributed by atoms with E-state index >= 15 is 0 Å². The normalized spacial score (nSPS) is 25.8. The van der Waals surface area contributed by atoms with E-state index in [4.69, 9.17) is 11.6 Å². The van der Waals surface area contributed by atoms with Crippen LogP contribution in [0.2, 0.25) is 0 Å². The van der Waals surface area contributed by atoms with Crippen molar-refractivity contribution in [1.82, 2.24) is 5.32 Å². The van der Waals surface area contributed by atoms with Crippen LogP contribution in [-0.4, -0.2) is 11.8 Å². The van der Waals surface area contributed by atoms with Gasteiger partial charge >= 0.3 is 0 Å². The first-order chi connectivity index (χ1) is 4.25. The van der Waals surface area contributed by atoms with Crippen molar-refractivity contribution in [2.24, 2.45) is 0 Å². The molecule has 1 atom stereocenters. The molecule has 1 aliphatic rings. The van der Waals surface area contributed by atoms with Gasteiger partial charge in [-0.2, -0.15) is 0 Å². The third kappa shape index (κ3) is 1.08. The summed E-state index contributed by atoms with van der Waals surface area (Å²) in [6.45, 7) is 1.89. The van der Waals surface area contributed by atoms with E-state index in [1.807, 2.05) is 6.92 Å². The van der Waals surface area contributed by atoms with Crippen LogP contribution in [0.15, 0.2) is 5.03 Å². The van der Waals surface area contributed by atoms with Gasteiger partial charge in [0.2, 0.25) is 5.78 Å². The maximum absolute atomic E-state index is 10.8. The van der Waals surface area contributed by atoms with Gasteiger partial charge < -0.3 is 0 Å². The molecule has 0 aliphatic carbocycles. The number of nitrogens with zero attached hydrogens (tertiary/aromatic N) is 1. The molecular formula is C6H6ClNO. The molecule has 1 aliphatic heterocycles. The van der Waals surface area contributed by atoms with Crippen LogP contribution in [0.1, 0.15) is 13.3 Å². The summed E-state index contributed by atoms with van der Waals surface area (Å²) in [6, 6.07) is -0.252. The molecule has 9 heavy (non-hydrogen) atoms. The Morgan fingerprint density at radius 3 is 2.78 bits per heavy atom. The molecule has 0 amide bonds. The number of hydrogen-bond donors (Lipinski definition) is 0. The Morgan fingerprint density at radius 2 is 2.56 bits per heavy atom. The Bertz CT molecular complexity index is 164. The van der Waals surface area contributed by atoms with E-state index in [0.29, 0.717) is 6.42 Å². The first kappa shape index (κ1) is 6.62. The van der Waals surface area contributed by atoms with Gasteiger partial charge in [-0.1, -0.05) is 18.5 Å². The van der Waals surface area contributed by atoms with Gasteiger partial charge in [-0.15, -0.1) is 0 Å². The number of carbonyl (C=O) groups is 1. The molecule has 0 fully saturated rings. The van der Waals surface area contributed by atoms with Crippen LogP contribution in [0.3, 0.4) is 0 Å². The van der Waals surface area contributed by atoms with Gasteiger partial charge in [0.1, 0.15) is 17.3 Å². The van der Waals surface area contributed by atoms with Crippen molar-refractivity contribution in [2.45, 2.75) is 19.4 Å². The summed E-state index contributed by atoms with van der Waals surface area (Å²) in [5.41, 5.74) is 0. The van der Waals surface area contributed by atoms with Crippen LogP contribution in [-0.2, 0) is 4.79 Å². The number of carbonyl (C=O) groups excluding carboxylic acids is 1. The topological polar surface area (TPSA) is 31.2 Å². The second kappa shape index (κ2) is 2.40. The molecule has 2 radical (unpaired) electrons. The van der Waals surface area contributed by atoms with Gasteiger partial charge in [-0.05, 0) is 6.42 Å². The predicted molar refractivity (Wildman–Crippen MR) is 33.8 cm³/mol. The van der Waals surface area contributed by atoms with Crippen molar-refractivity contribution in [3.05, 3.63) is 11.2 Å². The standard InChI is InChI=1S/C6H6ClNO/c1-2-5-6(9)4(7)3-8-5/h5H,2H2,1H3. The van der Waals surface area contributed by atoms with Crippen LogP contribution in [0.5, 0.6) is 0 Å². The molecule has 48 valence electrons. The molecule has 1 heterocycles. The average molecular weight is 144 g/mol. The van der Waals surface area contributed by atoms with E-state index in [1.54, 1.807) is 0 Å². The van der Waals surface area contributed by atoms with Gasteiger partial charge in [0.25, 0.3) is 0 Å². The number of halogens is 1. The molecule has 0 bridgehead atoms. The molecule has 0 aromatic heterocycles. The summed E-state index contributed by atoms with van der Waals surface area (Å²) < 4.78 is 0. The summed E-state index contributed by atoms with van der Waals surface area (Å²) >= 11 is 5.40. The SMILES string of the molecule is CCC1[N][C]=C(Cl)C1=O. The molecule has 0 spiro atoms. The first-order valence-electron chi connectivity index (χ1n) is 2.78. The number of hydrogen-bond acceptors (Lipinski definition) is 1. The Hall–Kier alpha value is -0.500. The zero-order chi connectivity index (χ0) is 6.85. The van der Waals surface area contributed by atoms with Crippen LogP contribution < -0.4 is 5.32 Å². The fourth-order valence-electron chi connectivity index (χ4n) is 0.671. The van der Waals surface area contributed by atoms with Crippen LogP contribution in [0, 0.1) is 6.20 Å². The molecular weight excluding hydrogens is 138 g/mol. The van der Waals surface area contributed by atoms with Gasteiger partial charge in [0, 0.05) is 0 Å². The lowest BCUT2D eigenvalue weighted by Gasteiger charge is -1.99. The molecule has 1 unspecified atom stereocenters. The molecule has 3 heteroatoms. The second-order valence-electron chi connectivity index (χ2n) is 1.84. The van der Waals surface area contributed by atoms with Crippen LogP contribution in [0.25, 0.3) is 0 Å². The highest BCUT2D eigenvalue weighted by Gasteiger charge is 2.25. The van der Waals surface area contributed by atoms with Crippen LogP contribution in [0.4, 0.5) is 0 Å². The zero-order valence-corrected chi connectivity index (χ0v) is 5.77. The Balaban J connectivity index is 2.62. The Labute approximate surface area is 58.9 Å². The monoisotopic (exact) mass is 143 g/mol. The highest BCUT2D eigenvalue weighted by molar-refractivity contribution is 6.43. The lowest BCUT2D eigenvalue weighted by Crippen LogP contribution is -2.20. The average Bonchev–Trinajstić information content (AvgIpc) is 2.15. The lowest BCUT2D eigenvalue weighted by atomic mass is 10.2. The molecule has 0 aromatic rings. The van der Waals surface area contributed by atoms with Crippen molar-refractivity contribution < 1.29 is 4.79 Å². The highest BCUT2D eigenvalue weighted by atomic mass is 35.5. The number of rotatable bonds is 1. The smallest absolute Gasteiger partial charge is 0.200 e. The van der Waals surface area contributed by atoms with Gasteiger partial charge in [0.15, 0.2) is 0 Å². The van der Waals surface area contributed by atoms with Crippen molar-refractivity contribution in [3.63, 3.8) is 0 Å². The minimum Gasteiger partial charge on any atom is -0.291 e. The van der Waals surface area contributed by atoms with E-state index in [1.165, 1.54) is 0 Å². The summed E-state index contributed by atoms with van der Waals surface area (Å²) in [4.78, 5) is 10.8. The van der Waals surface area contributed by atoms with E-state index < -0.39 is 0 Å². The van der Waals surface area contributed by atoms with E-state index in [-0.39, 0.29) is 16.9 Å². The summed E-state index contributed by atoms with van der Waals surface area (Å²) in [7, 11) is 0. The third-order valence-electron chi connectivity index (χ3n) is 1.22. The maximum Gasteiger partial charge on any atom is 0.200 e. The fraction of sp³-hybridized carbons (Fsp3) is 0.500. The van der Waals surface area contributed by atoms with Gasteiger partial charge in [0.05, 0.1) is 0 Å². The van der Waals surface area contributed by atoms with Gasteiger partial charge in [-0.25, -0.2) is 0 Å². The molecule has 0 aromatic carbocycles. The summed E-state index contributed by atoms with van der Waals surface area (Å²) in [5, 5.41) is 3.89. The highest BCUT2D eigenvalue weighted by Crippen LogP contribution is 2.13. The Kier molecular flexibility index (Phi) is 1.76. The fourth-order valence-corrected chi connectivity index (χ4v) is 0.846. The Morgan fingerprint density at radius 1 is 1.89 bits per heavy atom. The maximum atomic E-state index is 10.8. The van der Waals surface area contributed by atoms with Crippen molar-refractivity contribution in [3.8, 4) is 0 Å². The van der Waals surface area contributed by atoms with Gasteiger partial charge in [-0.3, -0.25) is 10.1 Å². The minimum atomic E-state index is -0.252. The quantitative estimate of drug-likeness (QED) is 0.535. The summed E-state index contributed by atoms with van der Waals surface area (Å²) in [6.07, 6.45) is 3.14. The number of Topliss-reactive ketones (excluding diaryl/α,β-unsaturated/α-hetero) is 1. The van der Waals surface area contributed by atoms with Crippen molar-refractivity contribution in [2.75, 3.05) is 0 Å². The third-order valence-corrected chi connectivity index (χ3v) is 1.50. The molecule has 2 nitrogen and oxygen atoms in total. The molecule has 0 saturated heterocycles. The van der Waals surface area contributed by atoms with Crippen LogP contribution >= 0.6 is 11.6 Å². The molecule has 1 rings (SSSR count).